The number of likely N-dealkylation sites (N-methyl/N-ethyl adjacent to an activating group) is 1. The summed E-state index contributed by atoms with van der Waals surface area (Å²) in [5.74, 6) is -0.182. The summed E-state index contributed by atoms with van der Waals surface area (Å²) in [4.78, 5) is 20.0. The van der Waals surface area contributed by atoms with Crippen LogP contribution in [-0.4, -0.2) is 44.3 Å². The predicted molar refractivity (Wildman–Crippen MR) is 117 cm³/mol. The van der Waals surface area contributed by atoms with Crippen LogP contribution in [0.15, 0.2) is 66.7 Å². The van der Waals surface area contributed by atoms with E-state index in [0.29, 0.717) is 16.9 Å². The van der Waals surface area contributed by atoms with E-state index in [-0.39, 0.29) is 12.5 Å². The second-order valence-corrected chi connectivity index (χ2v) is 7.35. The molecule has 0 aliphatic carbocycles. The Morgan fingerprint density at radius 2 is 1.73 bits per heavy atom. The molecule has 0 bridgehead atoms. The second-order valence-electron chi connectivity index (χ2n) is 7.35. The van der Waals surface area contributed by atoms with Gasteiger partial charge in [-0.15, -0.1) is 0 Å². The van der Waals surface area contributed by atoms with Crippen molar-refractivity contribution in [3.63, 3.8) is 0 Å². The number of aliphatic hydroxyl groups excluding tert-OH is 1. The van der Waals surface area contributed by atoms with Crippen LogP contribution in [0.3, 0.4) is 0 Å². The fourth-order valence-corrected chi connectivity index (χ4v) is 3.83. The number of hydrogen-bond acceptors (Lipinski definition) is 4. The van der Waals surface area contributed by atoms with Crippen LogP contribution < -0.4 is 0 Å². The lowest BCUT2D eigenvalue weighted by Crippen LogP contribution is -2.33. The van der Waals surface area contributed by atoms with Gasteiger partial charge in [0.15, 0.2) is 5.65 Å². The molecule has 2 heterocycles. The number of hydrogen-bond donors (Lipinski definition) is 1. The fraction of sp³-hybridized carbons (Fsp3) is 0.208. The van der Waals surface area contributed by atoms with Gasteiger partial charge in [0.05, 0.1) is 35.0 Å². The highest BCUT2D eigenvalue weighted by atomic mass is 16.3. The maximum Gasteiger partial charge on any atom is 0.255 e. The molecular weight excluding hydrogens is 376 g/mol. The summed E-state index contributed by atoms with van der Waals surface area (Å²) in [6.45, 7) is 1.71. The molecule has 30 heavy (non-hydrogen) atoms. The van der Waals surface area contributed by atoms with Crippen molar-refractivity contribution in [3.8, 4) is 11.3 Å². The van der Waals surface area contributed by atoms with Crippen LogP contribution >= 0.6 is 0 Å². The van der Waals surface area contributed by atoms with Gasteiger partial charge in [0, 0.05) is 19.7 Å². The van der Waals surface area contributed by atoms with Gasteiger partial charge in [-0.3, -0.25) is 9.48 Å². The molecule has 0 spiro atoms. The van der Waals surface area contributed by atoms with Crippen molar-refractivity contribution in [2.24, 2.45) is 7.05 Å². The molecule has 0 radical (unpaired) electrons. The SMILES string of the molecule is Cc1nn(C)c2nc(-c3ccccc3)cc(C(=O)N(C)C(CO)c3ccccc3)c12. The molecular formula is C24H24N4O2. The number of pyridine rings is 1. The number of fused-ring (bicyclic) bond motifs is 1. The van der Waals surface area contributed by atoms with Crippen LogP contribution in [-0.2, 0) is 7.05 Å². The van der Waals surface area contributed by atoms with Crippen molar-refractivity contribution in [3.05, 3.63) is 83.6 Å². The number of carbonyl (C=O) groups excluding carboxylic acids is 1. The molecule has 1 atom stereocenters. The Morgan fingerprint density at radius 1 is 1.10 bits per heavy atom. The Hall–Kier alpha value is -3.51. The summed E-state index contributed by atoms with van der Waals surface area (Å²) in [6, 6.07) is 20.7. The Balaban J connectivity index is 1.85. The molecule has 1 N–H and O–H groups in total. The number of amides is 1. The molecule has 0 aliphatic heterocycles. The molecule has 4 rings (SSSR count). The van der Waals surface area contributed by atoms with Gasteiger partial charge in [0.1, 0.15) is 0 Å². The van der Waals surface area contributed by atoms with E-state index in [2.05, 4.69) is 5.10 Å². The molecule has 0 fully saturated rings. The summed E-state index contributed by atoms with van der Waals surface area (Å²) in [7, 11) is 3.55. The minimum atomic E-state index is -0.445. The van der Waals surface area contributed by atoms with Crippen LogP contribution in [0.4, 0.5) is 0 Å². The largest absolute Gasteiger partial charge is 0.394 e. The van der Waals surface area contributed by atoms with Gasteiger partial charge in [0.2, 0.25) is 0 Å². The molecule has 6 nitrogen and oxygen atoms in total. The van der Waals surface area contributed by atoms with E-state index in [1.54, 1.807) is 16.6 Å². The predicted octanol–water partition coefficient (Wildman–Crippen LogP) is 3.75. The Bertz CT molecular complexity index is 1190. The standard InChI is InChI=1S/C24H24N4O2/c1-16-22-19(24(30)27(2)21(15-29)18-12-8-5-9-13-18)14-20(17-10-6-4-7-11-17)25-23(22)28(3)26-16/h4-14,21,29H,15H2,1-3H3. The van der Waals surface area contributed by atoms with Crippen LogP contribution in [0.2, 0.25) is 0 Å². The van der Waals surface area contributed by atoms with Crippen molar-refractivity contribution in [1.82, 2.24) is 19.7 Å². The summed E-state index contributed by atoms with van der Waals surface area (Å²) < 4.78 is 1.70. The van der Waals surface area contributed by atoms with Crippen molar-refractivity contribution in [1.29, 1.82) is 0 Å². The number of nitrogens with zero attached hydrogens (tertiary/aromatic N) is 4. The maximum absolute atomic E-state index is 13.6. The third-order valence-electron chi connectivity index (χ3n) is 5.41. The molecule has 152 valence electrons. The quantitative estimate of drug-likeness (QED) is 0.554. The van der Waals surface area contributed by atoms with E-state index in [9.17, 15) is 9.90 Å². The molecule has 1 amide bonds. The number of aliphatic hydroxyl groups is 1. The normalized spacial score (nSPS) is 12.1. The smallest absolute Gasteiger partial charge is 0.255 e. The van der Waals surface area contributed by atoms with Gasteiger partial charge >= 0.3 is 0 Å². The first kappa shape index (κ1) is 19.8. The topological polar surface area (TPSA) is 71.2 Å². The summed E-state index contributed by atoms with van der Waals surface area (Å²) in [5.41, 5.74) is 4.45. The summed E-state index contributed by atoms with van der Waals surface area (Å²) in [6.07, 6.45) is 0. The maximum atomic E-state index is 13.6. The van der Waals surface area contributed by atoms with Gasteiger partial charge < -0.3 is 10.0 Å². The third-order valence-corrected chi connectivity index (χ3v) is 5.41. The van der Waals surface area contributed by atoms with Gasteiger partial charge in [-0.25, -0.2) is 4.98 Å². The van der Waals surface area contributed by atoms with Gasteiger partial charge in [0.25, 0.3) is 5.91 Å². The van der Waals surface area contributed by atoms with Crippen molar-refractivity contribution < 1.29 is 9.90 Å². The lowest BCUT2D eigenvalue weighted by atomic mass is 10.0. The van der Waals surface area contributed by atoms with E-state index in [1.165, 1.54) is 0 Å². The lowest BCUT2D eigenvalue weighted by molar-refractivity contribution is 0.0660. The van der Waals surface area contributed by atoms with E-state index < -0.39 is 6.04 Å². The molecule has 2 aromatic heterocycles. The number of aromatic nitrogens is 3. The minimum Gasteiger partial charge on any atom is -0.394 e. The number of rotatable bonds is 5. The monoisotopic (exact) mass is 400 g/mol. The van der Waals surface area contributed by atoms with Crippen LogP contribution in [0.5, 0.6) is 0 Å². The zero-order chi connectivity index (χ0) is 21.3. The van der Waals surface area contributed by atoms with Gasteiger partial charge in [-0.1, -0.05) is 60.7 Å². The number of carbonyl (C=O) groups is 1. The molecule has 0 saturated heterocycles. The van der Waals surface area contributed by atoms with Crippen LogP contribution in [0, 0.1) is 6.92 Å². The van der Waals surface area contributed by atoms with Crippen molar-refractivity contribution in [2.75, 3.05) is 13.7 Å². The first-order valence-electron chi connectivity index (χ1n) is 9.84. The lowest BCUT2D eigenvalue weighted by Gasteiger charge is -2.27. The number of aryl methyl sites for hydroxylation is 2. The zero-order valence-electron chi connectivity index (χ0n) is 17.3. The van der Waals surface area contributed by atoms with Crippen molar-refractivity contribution in [2.45, 2.75) is 13.0 Å². The molecule has 1 unspecified atom stereocenters. The highest BCUT2D eigenvalue weighted by molar-refractivity contribution is 6.07. The van der Waals surface area contributed by atoms with E-state index in [4.69, 9.17) is 4.98 Å². The first-order valence-corrected chi connectivity index (χ1v) is 9.84. The van der Waals surface area contributed by atoms with E-state index in [1.807, 2.05) is 80.7 Å². The Morgan fingerprint density at radius 3 is 2.37 bits per heavy atom. The molecule has 4 aromatic rings. The van der Waals surface area contributed by atoms with Crippen LogP contribution in [0.25, 0.3) is 22.3 Å². The van der Waals surface area contributed by atoms with E-state index >= 15 is 0 Å². The third kappa shape index (κ3) is 3.46. The van der Waals surface area contributed by atoms with E-state index in [0.717, 1.165) is 22.2 Å². The first-order chi connectivity index (χ1) is 14.5. The second kappa shape index (κ2) is 8.08. The van der Waals surface area contributed by atoms with Crippen LogP contribution in [0.1, 0.15) is 27.7 Å². The molecule has 0 aliphatic rings. The van der Waals surface area contributed by atoms with Crippen molar-refractivity contribution >= 4 is 16.9 Å². The molecule has 0 saturated carbocycles. The molecule has 2 aromatic carbocycles. The zero-order valence-corrected chi connectivity index (χ0v) is 17.3. The Labute approximate surface area is 175 Å². The number of benzene rings is 2. The average Bonchev–Trinajstić information content (AvgIpc) is 3.08. The Kier molecular flexibility index (Phi) is 5.33. The average molecular weight is 400 g/mol. The summed E-state index contributed by atoms with van der Waals surface area (Å²) in [5, 5.41) is 15.2. The summed E-state index contributed by atoms with van der Waals surface area (Å²) >= 11 is 0. The van der Waals surface area contributed by atoms with Gasteiger partial charge in [-0.2, -0.15) is 5.10 Å². The fourth-order valence-electron chi connectivity index (χ4n) is 3.83. The van der Waals surface area contributed by atoms with Gasteiger partial charge in [-0.05, 0) is 18.6 Å². The minimum absolute atomic E-state index is 0.169. The highest BCUT2D eigenvalue weighted by Gasteiger charge is 2.26. The highest BCUT2D eigenvalue weighted by Crippen LogP contribution is 2.29. The molecule has 6 heteroatoms.